The number of methoxy groups -OCH3 is 1. The van der Waals surface area contributed by atoms with Gasteiger partial charge in [-0.05, 0) is 30.2 Å². The number of benzene rings is 1. The molecule has 0 unspecified atom stereocenters. The molecule has 0 aliphatic rings. The first-order valence-corrected chi connectivity index (χ1v) is 7.68. The minimum atomic E-state index is -0.408. The largest absolute Gasteiger partial charge is 0.493 e. The van der Waals surface area contributed by atoms with Gasteiger partial charge in [-0.2, -0.15) is 0 Å². The molecule has 1 N–H and O–H groups in total. The van der Waals surface area contributed by atoms with E-state index in [1.807, 2.05) is 0 Å². The van der Waals surface area contributed by atoms with Crippen molar-refractivity contribution in [1.29, 1.82) is 0 Å². The summed E-state index contributed by atoms with van der Waals surface area (Å²) in [5.74, 6) is 0.579. The standard InChI is InChI=1S/C17H25NO5/c1-13(2)12-23-15-6-4-14(5-7-15)18-16(19)8-9-17(20)22-11-10-21-3/h4-7,13H,8-12H2,1-3H3,(H,18,19). The Morgan fingerprint density at radius 2 is 1.78 bits per heavy atom. The lowest BCUT2D eigenvalue weighted by atomic mass is 10.2. The highest BCUT2D eigenvalue weighted by Gasteiger charge is 2.08. The molecule has 23 heavy (non-hydrogen) atoms. The minimum Gasteiger partial charge on any atom is -0.493 e. The lowest BCUT2D eigenvalue weighted by Crippen LogP contribution is -2.15. The zero-order valence-electron chi connectivity index (χ0n) is 14.0. The zero-order chi connectivity index (χ0) is 17.1. The fraction of sp³-hybridized carbons (Fsp3) is 0.529. The highest BCUT2D eigenvalue weighted by Crippen LogP contribution is 2.16. The molecule has 1 aromatic carbocycles. The molecule has 0 aliphatic heterocycles. The fourth-order valence-corrected chi connectivity index (χ4v) is 1.65. The van der Waals surface area contributed by atoms with Crippen molar-refractivity contribution < 1.29 is 23.8 Å². The molecule has 1 aromatic rings. The maximum Gasteiger partial charge on any atom is 0.306 e. The molecule has 0 aliphatic carbocycles. The van der Waals surface area contributed by atoms with Crippen LogP contribution >= 0.6 is 0 Å². The second kappa shape index (κ2) is 10.6. The van der Waals surface area contributed by atoms with Crippen molar-refractivity contribution in [1.82, 2.24) is 0 Å². The normalized spacial score (nSPS) is 10.4. The summed E-state index contributed by atoms with van der Waals surface area (Å²) in [7, 11) is 1.53. The molecule has 6 heteroatoms. The van der Waals surface area contributed by atoms with E-state index in [2.05, 4.69) is 19.2 Å². The lowest BCUT2D eigenvalue weighted by molar-refractivity contribution is -0.145. The molecule has 1 amide bonds. The van der Waals surface area contributed by atoms with Crippen LogP contribution in [0.3, 0.4) is 0 Å². The van der Waals surface area contributed by atoms with Crippen molar-refractivity contribution >= 4 is 17.6 Å². The van der Waals surface area contributed by atoms with E-state index in [1.165, 1.54) is 7.11 Å². The molecule has 0 bridgehead atoms. The van der Waals surface area contributed by atoms with Gasteiger partial charge in [0, 0.05) is 19.2 Å². The predicted molar refractivity (Wildman–Crippen MR) is 87.5 cm³/mol. The number of ether oxygens (including phenoxy) is 3. The van der Waals surface area contributed by atoms with Crippen LogP contribution in [0.1, 0.15) is 26.7 Å². The average Bonchev–Trinajstić information content (AvgIpc) is 2.52. The van der Waals surface area contributed by atoms with Crippen LogP contribution in [-0.2, 0) is 19.1 Å². The van der Waals surface area contributed by atoms with Gasteiger partial charge in [-0.15, -0.1) is 0 Å². The second-order valence-corrected chi connectivity index (χ2v) is 5.49. The number of hydrogen-bond acceptors (Lipinski definition) is 5. The van der Waals surface area contributed by atoms with Gasteiger partial charge in [-0.3, -0.25) is 9.59 Å². The van der Waals surface area contributed by atoms with Gasteiger partial charge in [-0.1, -0.05) is 13.8 Å². The van der Waals surface area contributed by atoms with Crippen LogP contribution in [0.4, 0.5) is 5.69 Å². The van der Waals surface area contributed by atoms with Crippen molar-refractivity contribution in [2.24, 2.45) is 5.92 Å². The number of carbonyl (C=O) groups excluding carboxylic acids is 2. The van der Waals surface area contributed by atoms with E-state index < -0.39 is 5.97 Å². The van der Waals surface area contributed by atoms with Crippen LogP contribution in [-0.4, -0.2) is 38.8 Å². The Morgan fingerprint density at radius 3 is 2.39 bits per heavy atom. The number of nitrogens with one attached hydrogen (secondary N) is 1. The highest BCUT2D eigenvalue weighted by molar-refractivity contribution is 5.92. The van der Waals surface area contributed by atoms with E-state index in [9.17, 15) is 9.59 Å². The zero-order valence-corrected chi connectivity index (χ0v) is 14.0. The molecule has 128 valence electrons. The Bertz CT molecular complexity index is 484. The van der Waals surface area contributed by atoms with Crippen molar-refractivity contribution in [3.63, 3.8) is 0 Å². The highest BCUT2D eigenvalue weighted by atomic mass is 16.6. The molecular weight excluding hydrogens is 298 g/mol. The predicted octanol–water partition coefficient (Wildman–Crippen LogP) is 2.63. The molecule has 0 heterocycles. The first-order chi connectivity index (χ1) is 11.0. The number of hydrogen-bond donors (Lipinski definition) is 1. The van der Waals surface area contributed by atoms with Crippen LogP contribution in [0.25, 0.3) is 0 Å². The van der Waals surface area contributed by atoms with E-state index in [1.54, 1.807) is 24.3 Å². The van der Waals surface area contributed by atoms with E-state index in [4.69, 9.17) is 14.2 Å². The van der Waals surface area contributed by atoms with Crippen LogP contribution in [0.2, 0.25) is 0 Å². The van der Waals surface area contributed by atoms with Gasteiger partial charge in [0.1, 0.15) is 12.4 Å². The van der Waals surface area contributed by atoms with Crippen LogP contribution < -0.4 is 10.1 Å². The summed E-state index contributed by atoms with van der Waals surface area (Å²) in [6.45, 7) is 5.36. The molecule has 0 aromatic heterocycles. The third-order valence-electron chi connectivity index (χ3n) is 2.83. The van der Waals surface area contributed by atoms with Gasteiger partial charge in [0.15, 0.2) is 0 Å². The summed E-state index contributed by atoms with van der Waals surface area (Å²) in [6, 6.07) is 7.14. The molecular formula is C17H25NO5. The van der Waals surface area contributed by atoms with Gasteiger partial charge in [-0.25, -0.2) is 0 Å². The van der Waals surface area contributed by atoms with Crippen LogP contribution in [0.5, 0.6) is 5.75 Å². The topological polar surface area (TPSA) is 73.9 Å². The van der Waals surface area contributed by atoms with E-state index >= 15 is 0 Å². The van der Waals surface area contributed by atoms with Crippen molar-refractivity contribution in [3.05, 3.63) is 24.3 Å². The monoisotopic (exact) mass is 323 g/mol. The number of anilines is 1. The van der Waals surface area contributed by atoms with E-state index in [0.29, 0.717) is 24.8 Å². The number of rotatable bonds is 10. The number of carbonyl (C=O) groups is 2. The summed E-state index contributed by atoms with van der Waals surface area (Å²) in [4.78, 5) is 23.1. The first-order valence-electron chi connectivity index (χ1n) is 7.68. The molecule has 6 nitrogen and oxygen atoms in total. The molecule has 1 rings (SSSR count). The minimum absolute atomic E-state index is 0.0468. The molecule has 0 spiro atoms. The average molecular weight is 323 g/mol. The van der Waals surface area contributed by atoms with Crippen molar-refractivity contribution in [2.45, 2.75) is 26.7 Å². The molecule has 0 saturated carbocycles. The summed E-state index contributed by atoms with van der Waals surface area (Å²) < 4.78 is 15.2. The second-order valence-electron chi connectivity index (χ2n) is 5.49. The Labute approximate surface area is 137 Å². The summed E-state index contributed by atoms with van der Waals surface area (Å²) in [5.41, 5.74) is 0.666. The number of esters is 1. The maximum absolute atomic E-state index is 11.8. The van der Waals surface area contributed by atoms with Gasteiger partial charge < -0.3 is 19.5 Å². The molecule has 0 atom stereocenters. The summed E-state index contributed by atoms with van der Waals surface area (Å²) in [5, 5.41) is 2.73. The van der Waals surface area contributed by atoms with Crippen LogP contribution in [0, 0.1) is 5.92 Å². The fourth-order valence-electron chi connectivity index (χ4n) is 1.65. The number of amides is 1. The Morgan fingerprint density at radius 1 is 1.09 bits per heavy atom. The molecule has 0 radical (unpaired) electrons. The summed E-state index contributed by atoms with van der Waals surface area (Å²) >= 11 is 0. The van der Waals surface area contributed by atoms with Gasteiger partial charge in [0.2, 0.25) is 5.91 Å². The lowest BCUT2D eigenvalue weighted by Gasteiger charge is -2.10. The molecule has 0 fully saturated rings. The Kier molecular flexibility index (Phi) is 8.75. The SMILES string of the molecule is COCCOC(=O)CCC(=O)Nc1ccc(OCC(C)C)cc1. The van der Waals surface area contributed by atoms with Gasteiger partial charge in [0.25, 0.3) is 0 Å². The smallest absolute Gasteiger partial charge is 0.306 e. The van der Waals surface area contributed by atoms with E-state index in [-0.39, 0.29) is 25.4 Å². The maximum atomic E-state index is 11.8. The third kappa shape index (κ3) is 8.83. The van der Waals surface area contributed by atoms with Gasteiger partial charge >= 0.3 is 5.97 Å². The molecule has 0 saturated heterocycles. The summed E-state index contributed by atoms with van der Waals surface area (Å²) in [6.07, 6.45) is 0.128. The van der Waals surface area contributed by atoms with Crippen molar-refractivity contribution in [2.75, 3.05) is 32.2 Å². The van der Waals surface area contributed by atoms with Crippen molar-refractivity contribution in [3.8, 4) is 5.75 Å². The Balaban J connectivity index is 2.29. The Hall–Kier alpha value is -2.08. The quantitative estimate of drug-likeness (QED) is 0.529. The van der Waals surface area contributed by atoms with E-state index in [0.717, 1.165) is 5.75 Å². The first kappa shape index (κ1) is 19.0. The third-order valence-corrected chi connectivity index (χ3v) is 2.83. The van der Waals surface area contributed by atoms with Crippen LogP contribution in [0.15, 0.2) is 24.3 Å². The van der Waals surface area contributed by atoms with Gasteiger partial charge in [0.05, 0.1) is 19.6 Å².